The first-order valence-corrected chi connectivity index (χ1v) is 27.0. The molecule has 0 saturated heterocycles. The van der Waals surface area contributed by atoms with E-state index < -0.39 is 0 Å². The van der Waals surface area contributed by atoms with Crippen LogP contribution >= 0.6 is 11.3 Å². The van der Waals surface area contributed by atoms with Crippen LogP contribution in [0.15, 0.2) is 158 Å². The minimum absolute atomic E-state index is 0. The van der Waals surface area contributed by atoms with Gasteiger partial charge in [-0.3, -0.25) is 9.78 Å². The molecule has 0 bridgehead atoms. The van der Waals surface area contributed by atoms with Crippen LogP contribution in [0.5, 0.6) is 0 Å². The molecule has 0 amide bonds. The molecule has 0 aliphatic heterocycles. The summed E-state index contributed by atoms with van der Waals surface area (Å²) in [6.45, 7) is 26.0. The Balaban J connectivity index is 0.000000192. The number of ketones is 1. The zero-order chi connectivity index (χ0) is 52.5. The molecule has 0 aliphatic rings. The van der Waals surface area contributed by atoms with Gasteiger partial charge in [0.2, 0.25) is 0 Å². The van der Waals surface area contributed by atoms with Crippen molar-refractivity contribution in [1.82, 2.24) is 9.97 Å². The fourth-order valence-electron chi connectivity index (χ4n) is 9.70. The van der Waals surface area contributed by atoms with Gasteiger partial charge in [0.15, 0.2) is 5.78 Å². The SMILES string of the molecule is CC(C)(C)Cc1ccc2c(c1)sc1c(-c3[c-]c4ccccc4c(C(C)(C)C)c3)nccc12.CCC(CC)C(=O)/C=C(\O)C(CC)CC.Cc1[c-]c(-c2cc(-c3ccc(-c4ccccc4)cc3)ccn2)cc(C)c1.[Ir]. The molecule has 4 nitrogen and oxygen atoms in total. The Labute approximate surface area is 459 Å². The molecule has 0 unspecified atom stereocenters. The summed E-state index contributed by atoms with van der Waals surface area (Å²) in [5.74, 6) is 0.547. The second kappa shape index (κ2) is 25.5. The monoisotopic (exact) mass is 1180 g/mol. The first-order valence-electron chi connectivity index (χ1n) is 26.2. The minimum atomic E-state index is 0. The predicted molar refractivity (Wildman–Crippen MR) is 313 cm³/mol. The van der Waals surface area contributed by atoms with Crippen molar-refractivity contribution in [2.75, 3.05) is 0 Å². The third kappa shape index (κ3) is 14.4. The van der Waals surface area contributed by atoms with Crippen LogP contribution in [0.4, 0.5) is 0 Å². The number of nitrogens with zero attached hydrogens (tertiary/aromatic N) is 2. The van der Waals surface area contributed by atoms with E-state index in [9.17, 15) is 9.90 Å². The number of fused-ring (bicyclic) bond motifs is 4. The van der Waals surface area contributed by atoms with Crippen molar-refractivity contribution in [3.05, 3.63) is 192 Å². The van der Waals surface area contributed by atoms with Crippen LogP contribution in [0.3, 0.4) is 0 Å². The number of carbonyl (C=O) groups excluding carboxylic acids is 1. The number of benzene rings is 6. The molecule has 0 aliphatic carbocycles. The molecule has 0 atom stereocenters. The summed E-state index contributed by atoms with van der Waals surface area (Å²) in [6.07, 6.45) is 9.81. The zero-order valence-corrected chi connectivity index (χ0v) is 48.8. The number of allylic oxidation sites excluding steroid dienone is 2. The van der Waals surface area contributed by atoms with Gasteiger partial charge in [-0.1, -0.05) is 185 Å². The number of hydrogen-bond acceptors (Lipinski definition) is 5. The molecule has 9 aromatic rings. The summed E-state index contributed by atoms with van der Waals surface area (Å²) >= 11 is 1.86. The molecule has 0 spiro atoms. The van der Waals surface area contributed by atoms with Gasteiger partial charge < -0.3 is 10.1 Å². The standard InChI is InChI=1S/C30H30NS.C25H20N.C13H24O2.Ir/c1-29(2,3)18-19-11-12-23-24-13-14-31-27(28(24)32-26(23)15-19)21-16-20-9-7-8-10-22(20)25(17-21)30(4,5)6;1-18-14-19(2)16-24(15-18)25-17-23(12-13-26-25)22-10-8-21(9-11-22)20-6-4-3-5-7-20;1-5-10(6-2)12(14)9-13(15)11(7-3)8-4;/h7-15,17H,18H2,1-6H3;3-15,17H,1-2H3;9-11,14H,5-8H2,1-4H3;/q2*-1;;/b;;12-9-;. The van der Waals surface area contributed by atoms with Gasteiger partial charge in [0, 0.05) is 65.5 Å². The molecule has 9 rings (SSSR count). The number of thiophene rings is 1. The average Bonchev–Trinajstić information content (AvgIpc) is 3.74. The van der Waals surface area contributed by atoms with E-state index in [1.165, 1.54) is 70.6 Å². The number of aryl methyl sites for hydroxylation is 2. The third-order valence-corrected chi connectivity index (χ3v) is 14.8. The smallest absolute Gasteiger partial charge is 0.162 e. The van der Waals surface area contributed by atoms with E-state index in [4.69, 9.17) is 4.98 Å². The first-order chi connectivity index (χ1) is 34.9. The summed E-state index contributed by atoms with van der Waals surface area (Å²) < 4.78 is 2.59. The van der Waals surface area contributed by atoms with Gasteiger partial charge >= 0.3 is 0 Å². The van der Waals surface area contributed by atoms with E-state index >= 15 is 0 Å². The van der Waals surface area contributed by atoms with Gasteiger partial charge in [0.1, 0.15) is 0 Å². The molecular weight excluding hydrogens is 1100 g/mol. The predicted octanol–water partition coefficient (Wildman–Crippen LogP) is 19.3. The number of pyridine rings is 2. The molecule has 74 heavy (non-hydrogen) atoms. The normalized spacial score (nSPS) is 11.8. The Morgan fingerprint density at radius 3 is 1.88 bits per heavy atom. The van der Waals surface area contributed by atoms with E-state index in [2.05, 4.69) is 200 Å². The van der Waals surface area contributed by atoms with Gasteiger partial charge in [0.25, 0.3) is 0 Å². The largest absolute Gasteiger partial charge is 0.512 e. The maximum absolute atomic E-state index is 11.7. The van der Waals surface area contributed by atoms with E-state index in [-0.39, 0.29) is 54.3 Å². The maximum Gasteiger partial charge on any atom is 0.162 e. The molecule has 385 valence electrons. The fraction of sp³-hybridized carbons (Fsp3) is 0.309. The van der Waals surface area contributed by atoms with Crippen molar-refractivity contribution in [1.29, 1.82) is 0 Å². The first kappa shape index (κ1) is 57.2. The average molecular weight is 1180 g/mol. The fourth-order valence-corrected chi connectivity index (χ4v) is 11.0. The van der Waals surface area contributed by atoms with E-state index in [1.54, 1.807) is 0 Å². The quantitative estimate of drug-likeness (QED) is 0.0752. The number of aliphatic hydroxyl groups is 1. The molecule has 1 N–H and O–H groups in total. The van der Waals surface area contributed by atoms with E-state index in [1.807, 2.05) is 57.5 Å². The number of aromatic nitrogens is 2. The van der Waals surface area contributed by atoms with Gasteiger partial charge in [-0.15, -0.1) is 75.4 Å². The Hall–Kier alpha value is -6.04. The zero-order valence-electron chi connectivity index (χ0n) is 45.6. The van der Waals surface area contributed by atoms with Crippen LogP contribution < -0.4 is 0 Å². The van der Waals surface area contributed by atoms with Crippen LogP contribution in [0, 0.1) is 43.2 Å². The molecule has 3 heterocycles. The summed E-state index contributed by atoms with van der Waals surface area (Å²) in [5, 5.41) is 14.8. The van der Waals surface area contributed by atoms with Crippen molar-refractivity contribution in [2.24, 2.45) is 17.3 Å². The van der Waals surface area contributed by atoms with Crippen LogP contribution in [0.25, 0.3) is 75.7 Å². The van der Waals surface area contributed by atoms with Crippen LogP contribution in [-0.4, -0.2) is 20.9 Å². The number of hydrogen-bond donors (Lipinski definition) is 1. The molecule has 0 saturated carbocycles. The Morgan fingerprint density at radius 2 is 1.24 bits per heavy atom. The summed E-state index contributed by atoms with van der Waals surface area (Å²) in [4.78, 5) is 21.1. The van der Waals surface area contributed by atoms with Crippen LogP contribution in [0.1, 0.15) is 117 Å². The van der Waals surface area contributed by atoms with Crippen molar-refractivity contribution in [3.8, 4) is 44.8 Å². The summed E-state index contributed by atoms with van der Waals surface area (Å²) in [6, 6.07) is 54.7. The molecule has 6 aromatic carbocycles. The molecule has 0 fully saturated rings. The van der Waals surface area contributed by atoms with Gasteiger partial charge in [-0.25, -0.2) is 0 Å². The van der Waals surface area contributed by atoms with Crippen molar-refractivity contribution < 1.29 is 30.0 Å². The van der Waals surface area contributed by atoms with Crippen molar-refractivity contribution in [3.63, 3.8) is 0 Å². The van der Waals surface area contributed by atoms with Crippen molar-refractivity contribution in [2.45, 2.75) is 121 Å². The topological polar surface area (TPSA) is 63.1 Å². The van der Waals surface area contributed by atoms with E-state index in [0.29, 0.717) is 0 Å². The van der Waals surface area contributed by atoms with Gasteiger partial charge in [-0.05, 0) is 105 Å². The second-order valence-electron chi connectivity index (χ2n) is 21.7. The number of rotatable bonds is 12. The van der Waals surface area contributed by atoms with Crippen molar-refractivity contribution >= 4 is 48.1 Å². The molecule has 3 aromatic heterocycles. The number of aliphatic hydroxyl groups excluding tert-OH is 1. The van der Waals surface area contributed by atoms with E-state index in [0.717, 1.165) is 65.6 Å². The number of carbonyl (C=O) groups is 1. The summed E-state index contributed by atoms with van der Waals surface area (Å²) in [7, 11) is 0. The summed E-state index contributed by atoms with van der Waals surface area (Å²) in [5.41, 5.74) is 14.4. The second-order valence-corrected chi connectivity index (χ2v) is 22.8. The van der Waals surface area contributed by atoms with Gasteiger partial charge in [-0.2, -0.15) is 0 Å². The van der Waals surface area contributed by atoms with Crippen LogP contribution in [0.2, 0.25) is 0 Å². The molecular formula is C68H74IrN2O2S-2. The maximum atomic E-state index is 11.7. The Bertz CT molecular complexity index is 3310. The molecule has 1 radical (unpaired) electrons. The third-order valence-electron chi connectivity index (χ3n) is 13.6. The minimum Gasteiger partial charge on any atom is -0.512 e. The Kier molecular flexibility index (Phi) is 19.7. The van der Waals surface area contributed by atoms with Crippen LogP contribution in [-0.2, 0) is 36.7 Å². The Morgan fingerprint density at radius 1 is 0.622 bits per heavy atom. The van der Waals surface area contributed by atoms with Gasteiger partial charge in [0.05, 0.1) is 5.76 Å². The molecule has 6 heteroatoms.